The fraction of sp³-hybridized carbons (Fsp3) is 0.440. The number of rotatable bonds is 10. The summed E-state index contributed by atoms with van der Waals surface area (Å²) >= 11 is 1.54. The number of nitrogens with zero attached hydrogens (tertiary/aromatic N) is 3. The molecule has 0 bridgehead atoms. The average molecular weight is 471 g/mol. The summed E-state index contributed by atoms with van der Waals surface area (Å²) in [6.07, 6.45) is 3.38. The predicted octanol–water partition coefficient (Wildman–Crippen LogP) is 4.56. The number of hydrogen-bond donors (Lipinski definition) is 1. The van der Waals surface area contributed by atoms with E-state index in [1.54, 1.807) is 6.07 Å². The number of para-hydroxylation sites is 1. The van der Waals surface area contributed by atoms with Crippen LogP contribution in [0.4, 0.5) is 9.52 Å². The van der Waals surface area contributed by atoms with Crippen LogP contribution in [-0.4, -0.2) is 61.7 Å². The van der Waals surface area contributed by atoms with E-state index in [1.165, 1.54) is 23.8 Å². The molecule has 4 rings (SSSR count). The average Bonchev–Trinajstić information content (AvgIpc) is 3.28. The van der Waals surface area contributed by atoms with Crippen LogP contribution in [0.25, 0.3) is 10.2 Å². The zero-order valence-corrected chi connectivity index (χ0v) is 19.9. The van der Waals surface area contributed by atoms with Gasteiger partial charge in [0.25, 0.3) is 5.91 Å². The number of halogens is 1. The van der Waals surface area contributed by atoms with Gasteiger partial charge in [0, 0.05) is 44.8 Å². The lowest BCUT2D eigenvalue weighted by Crippen LogP contribution is -2.48. The Labute approximate surface area is 198 Å². The highest BCUT2D eigenvalue weighted by atomic mass is 32.1. The van der Waals surface area contributed by atoms with Gasteiger partial charge in [-0.05, 0) is 42.8 Å². The Kier molecular flexibility index (Phi) is 8.12. The quantitative estimate of drug-likeness (QED) is 0.441. The van der Waals surface area contributed by atoms with Crippen LogP contribution in [-0.2, 0) is 0 Å². The van der Waals surface area contributed by atoms with Crippen LogP contribution in [0.2, 0.25) is 0 Å². The zero-order valence-electron chi connectivity index (χ0n) is 19.1. The molecule has 0 radical (unpaired) electrons. The molecule has 2 aromatic carbocycles. The molecule has 8 heteroatoms. The summed E-state index contributed by atoms with van der Waals surface area (Å²) in [5.41, 5.74) is 1.10. The minimum absolute atomic E-state index is 0.0670. The van der Waals surface area contributed by atoms with Crippen molar-refractivity contribution in [2.45, 2.75) is 26.2 Å². The molecule has 1 aromatic heterocycles. The van der Waals surface area contributed by atoms with Gasteiger partial charge in [0.15, 0.2) is 5.13 Å². The van der Waals surface area contributed by atoms with Crippen molar-refractivity contribution < 1.29 is 13.9 Å². The number of carbonyl (C=O) groups is 1. The lowest BCUT2D eigenvalue weighted by Gasteiger charge is -2.34. The third kappa shape index (κ3) is 6.21. The van der Waals surface area contributed by atoms with E-state index in [0.29, 0.717) is 24.2 Å². The van der Waals surface area contributed by atoms with E-state index in [2.05, 4.69) is 27.0 Å². The highest BCUT2D eigenvalue weighted by molar-refractivity contribution is 7.22. The Hall–Kier alpha value is -2.71. The van der Waals surface area contributed by atoms with Gasteiger partial charge in [-0.1, -0.05) is 37.2 Å². The molecule has 3 aromatic rings. The molecule has 1 amide bonds. The molecule has 176 valence electrons. The van der Waals surface area contributed by atoms with Gasteiger partial charge < -0.3 is 15.0 Å². The largest absolute Gasteiger partial charge is 0.494 e. The maximum atomic E-state index is 13.9. The van der Waals surface area contributed by atoms with Crippen molar-refractivity contribution in [3.05, 3.63) is 53.8 Å². The van der Waals surface area contributed by atoms with Crippen molar-refractivity contribution in [3.63, 3.8) is 0 Å². The minimum atomic E-state index is -0.265. The molecular formula is C25H31FN4O2S. The number of nitrogens with one attached hydrogen (secondary N) is 1. The van der Waals surface area contributed by atoms with Crippen molar-refractivity contribution in [2.24, 2.45) is 0 Å². The van der Waals surface area contributed by atoms with E-state index in [9.17, 15) is 9.18 Å². The highest BCUT2D eigenvalue weighted by Crippen LogP contribution is 2.30. The summed E-state index contributed by atoms with van der Waals surface area (Å²) in [5.74, 6) is 0.470. The number of carbonyl (C=O) groups excluding carboxylic acids is 1. The summed E-state index contributed by atoms with van der Waals surface area (Å²) in [6.45, 7) is 7.73. The van der Waals surface area contributed by atoms with Gasteiger partial charge >= 0.3 is 0 Å². The van der Waals surface area contributed by atoms with Crippen molar-refractivity contribution in [1.29, 1.82) is 0 Å². The minimum Gasteiger partial charge on any atom is -0.494 e. The summed E-state index contributed by atoms with van der Waals surface area (Å²) in [7, 11) is 0. The van der Waals surface area contributed by atoms with Crippen LogP contribution in [0.15, 0.2) is 42.5 Å². The second-order valence-electron chi connectivity index (χ2n) is 8.25. The molecule has 0 saturated carbocycles. The van der Waals surface area contributed by atoms with E-state index in [4.69, 9.17) is 4.74 Å². The fourth-order valence-electron chi connectivity index (χ4n) is 3.88. The number of unbranched alkanes of at least 4 members (excludes halogenated alkanes) is 2. The fourth-order valence-corrected chi connectivity index (χ4v) is 4.91. The van der Waals surface area contributed by atoms with E-state index in [1.807, 2.05) is 30.3 Å². The molecule has 0 unspecified atom stereocenters. The number of fused-ring (bicyclic) bond motifs is 1. The maximum absolute atomic E-state index is 13.9. The lowest BCUT2D eigenvalue weighted by atomic mass is 10.2. The number of thiazole rings is 1. The summed E-state index contributed by atoms with van der Waals surface area (Å²) in [6, 6.07) is 12.4. The van der Waals surface area contributed by atoms with E-state index < -0.39 is 0 Å². The summed E-state index contributed by atoms with van der Waals surface area (Å²) < 4.78 is 20.5. The van der Waals surface area contributed by atoms with Crippen LogP contribution in [0.3, 0.4) is 0 Å². The third-order valence-electron chi connectivity index (χ3n) is 5.85. The predicted molar refractivity (Wildman–Crippen MR) is 132 cm³/mol. The number of amides is 1. The first-order valence-corrected chi connectivity index (χ1v) is 12.5. The number of benzene rings is 2. The smallest absolute Gasteiger partial charge is 0.251 e. The van der Waals surface area contributed by atoms with Crippen LogP contribution in [0.5, 0.6) is 5.75 Å². The molecule has 2 heterocycles. The Morgan fingerprint density at radius 3 is 2.64 bits per heavy atom. The van der Waals surface area contributed by atoms with Crippen LogP contribution in [0.1, 0.15) is 36.5 Å². The lowest BCUT2D eigenvalue weighted by molar-refractivity contribution is 0.0947. The van der Waals surface area contributed by atoms with E-state index in [-0.39, 0.29) is 11.7 Å². The molecule has 1 aliphatic heterocycles. The van der Waals surface area contributed by atoms with E-state index >= 15 is 0 Å². The van der Waals surface area contributed by atoms with Gasteiger partial charge in [0.2, 0.25) is 0 Å². The number of anilines is 1. The van der Waals surface area contributed by atoms with E-state index in [0.717, 1.165) is 61.1 Å². The van der Waals surface area contributed by atoms with Crippen molar-refractivity contribution >= 4 is 32.6 Å². The molecule has 0 atom stereocenters. The Balaban J connectivity index is 1.17. The molecule has 0 spiro atoms. The maximum Gasteiger partial charge on any atom is 0.251 e. The van der Waals surface area contributed by atoms with Gasteiger partial charge in [-0.3, -0.25) is 9.69 Å². The van der Waals surface area contributed by atoms with Gasteiger partial charge in [0.1, 0.15) is 17.1 Å². The van der Waals surface area contributed by atoms with Gasteiger partial charge in [0.05, 0.1) is 11.3 Å². The SMILES string of the molecule is CCCCCOc1ccc(C(=O)NCCN2CCN(c3nc4c(F)cccc4s3)CC2)cc1. The Morgan fingerprint density at radius 2 is 1.91 bits per heavy atom. The van der Waals surface area contributed by atoms with Gasteiger partial charge in [-0.15, -0.1) is 0 Å². The molecular weight excluding hydrogens is 439 g/mol. The summed E-state index contributed by atoms with van der Waals surface area (Å²) in [4.78, 5) is 21.5. The zero-order chi connectivity index (χ0) is 23.0. The molecule has 1 saturated heterocycles. The second kappa shape index (κ2) is 11.4. The second-order valence-corrected chi connectivity index (χ2v) is 9.26. The Morgan fingerprint density at radius 1 is 1.12 bits per heavy atom. The van der Waals surface area contributed by atoms with Crippen molar-refractivity contribution in [3.8, 4) is 5.75 Å². The van der Waals surface area contributed by atoms with Crippen molar-refractivity contribution in [1.82, 2.24) is 15.2 Å². The third-order valence-corrected chi connectivity index (χ3v) is 6.93. The first-order chi connectivity index (χ1) is 16.1. The molecule has 1 aliphatic rings. The first-order valence-electron chi connectivity index (χ1n) is 11.7. The molecule has 33 heavy (non-hydrogen) atoms. The normalized spacial score (nSPS) is 14.5. The Bertz CT molecular complexity index is 1050. The highest BCUT2D eigenvalue weighted by Gasteiger charge is 2.20. The van der Waals surface area contributed by atoms with Crippen LogP contribution < -0.4 is 15.0 Å². The van der Waals surface area contributed by atoms with Gasteiger partial charge in [-0.25, -0.2) is 9.37 Å². The number of ether oxygens (including phenoxy) is 1. The summed E-state index contributed by atoms with van der Waals surface area (Å²) in [5, 5.41) is 3.88. The van der Waals surface area contributed by atoms with Crippen LogP contribution in [0, 0.1) is 5.82 Å². The number of piperazine rings is 1. The van der Waals surface area contributed by atoms with Crippen molar-refractivity contribution in [2.75, 3.05) is 50.8 Å². The number of aromatic nitrogens is 1. The first kappa shape index (κ1) is 23.4. The molecule has 6 nitrogen and oxygen atoms in total. The molecule has 1 fully saturated rings. The van der Waals surface area contributed by atoms with Crippen LogP contribution >= 0.6 is 11.3 Å². The molecule has 1 N–H and O–H groups in total. The molecule has 0 aliphatic carbocycles. The monoisotopic (exact) mass is 470 g/mol. The number of hydrogen-bond acceptors (Lipinski definition) is 6. The standard InChI is InChI=1S/C25H31FN4O2S/c1-2-3-4-18-32-20-10-8-19(9-11-20)24(31)27-12-13-29-14-16-30(17-15-29)25-28-23-21(26)6-5-7-22(23)33-25/h5-11H,2-4,12-18H2,1H3,(H,27,31). The topological polar surface area (TPSA) is 57.7 Å². The van der Waals surface area contributed by atoms with Gasteiger partial charge in [-0.2, -0.15) is 0 Å².